The fourth-order valence-corrected chi connectivity index (χ4v) is 2.25. The Labute approximate surface area is 114 Å². The van der Waals surface area contributed by atoms with Crippen LogP contribution >= 0.6 is 0 Å². The average molecular weight is 254 g/mol. The fourth-order valence-electron chi connectivity index (χ4n) is 2.25. The van der Waals surface area contributed by atoms with Gasteiger partial charge in [-0.05, 0) is 35.6 Å². The Morgan fingerprint density at radius 3 is 2.58 bits per heavy atom. The van der Waals surface area contributed by atoms with Crippen LogP contribution in [-0.4, -0.2) is 13.4 Å². The smallest absolute Gasteiger partial charge is 0.120 e. The quantitative estimate of drug-likeness (QED) is 0.736. The molecule has 0 aliphatic heterocycles. The summed E-state index contributed by atoms with van der Waals surface area (Å²) in [5, 5.41) is 0. The molecule has 2 rings (SSSR count). The van der Waals surface area contributed by atoms with Crippen molar-refractivity contribution in [3.8, 4) is 5.75 Å². The molecule has 0 radical (unpaired) electrons. The van der Waals surface area contributed by atoms with E-state index in [1.807, 2.05) is 36.4 Å². The largest absolute Gasteiger partial charge is 0.497 e. The van der Waals surface area contributed by atoms with Crippen molar-refractivity contribution in [2.75, 3.05) is 7.11 Å². The van der Waals surface area contributed by atoms with Gasteiger partial charge in [-0.3, -0.25) is 0 Å². The summed E-state index contributed by atoms with van der Waals surface area (Å²) in [5.74, 6) is 1.04. The van der Waals surface area contributed by atoms with E-state index < -0.39 is 0 Å². The van der Waals surface area contributed by atoms with Crippen molar-refractivity contribution in [3.63, 3.8) is 0 Å². The molecule has 2 aromatic rings. The first-order valence-electron chi connectivity index (χ1n) is 6.45. The second-order valence-electron chi connectivity index (χ2n) is 4.57. The maximum atomic E-state index is 10.9. The summed E-state index contributed by atoms with van der Waals surface area (Å²) in [4.78, 5) is 10.9. The number of hydrogen-bond acceptors (Lipinski definition) is 2. The molecule has 2 aromatic carbocycles. The van der Waals surface area contributed by atoms with Gasteiger partial charge in [-0.2, -0.15) is 0 Å². The lowest BCUT2D eigenvalue weighted by molar-refractivity contribution is -0.108. The van der Waals surface area contributed by atoms with E-state index in [1.165, 1.54) is 5.56 Å². The minimum absolute atomic E-state index is 0.204. The molecule has 0 fully saturated rings. The highest BCUT2D eigenvalue weighted by Gasteiger charge is 2.12. The van der Waals surface area contributed by atoms with Crippen molar-refractivity contribution in [3.05, 3.63) is 65.7 Å². The SMILES string of the molecule is COc1cccc([C@H](CC=O)Cc2ccccc2)c1. The standard InChI is InChI=1S/C17H18O2/c1-19-17-9-5-8-15(13-17)16(10-11-18)12-14-6-3-2-4-7-14/h2-9,11,13,16H,10,12H2,1H3/t16-/m1/s1. The lowest BCUT2D eigenvalue weighted by atomic mass is 9.89. The number of benzene rings is 2. The minimum atomic E-state index is 0.204. The zero-order valence-electron chi connectivity index (χ0n) is 11.1. The van der Waals surface area contributed by atoms with Crippen LogP contribution in [0.2, 0.25) is 0 Å². The molecule has 2 nitrogen and oxygen atoms in total. The first-order chi connectivity index (χ1) is 9.33. The second kappa shape index (κ2) is 6.74. The van der Waals surface area contributed by atoms with E-state index in [-0.39, 0.29) is 5.92 Å². The molecule has 98 valence electrons. The number of methoxy groups -OCH3 is 1. The fraction of sp³-hybridized carbons (Fsp3) is 0.235. The Kier molecular flexibility index (Phi) is 4.73. The number of rotatable bonds is 6. The number of carbonyl (C=O) groups is 1. The van der Waals surface area contributed by atoms with Crippen LogP contribution in [0.1, 0.15) is 23.5 Å². The molecule has 0 aliphatic rings. The lowest BCUT2D eigenvalue weighted by Crippen LogP contribution is -2.04. The highest BCUT2D eigenvalue weighted by atomic mass is 16.5. The molecule has 0 bridgehead atoms. The van der Waals surface area contributed by atoms with E-state index in [2.05, 4.69) is 18.2 Å². The van der Waals surface area contributed by atoms with E-state index in [1.54, 1.807) is 7.11 Å². The van der Waals surface area contributed by atoms with Crippen LogP contribution in [-0.2, 0) is 11.2 Å². The third-order valence-corrected chi connectivity index (χ3v) is 3.27. The molecule has 0 saturated carbocycles. The predicted molar refractivity (Wildman–Crippen MR) is 76.6 cm³/mol. The van der Waals surface area contributed by atoms with Gasteiger partial charge in [0.15, 0.2) is 0 Å². The number of aldehydes is 1. The normalized spacial score (nSPS) is 11.8. The topological polar surface area (TPSA) is 26.3 Å². The summed E-state index contributed by atoms with van der Waals surface area (Å²) in [5.41, 5.74) is 2.40. The van der Waals surface area contributed by atoms with Gasteiger partial charge < -0.3 is 9.53 Å². The van der Waals surface area contributed by atoms with Crippen molar-refractivity contribution >= 4 is 6.29 Å². The molecule has 0 aliphatic carbocycles. The van der Waals surface area contributed by atoms with Gasteiger partial charge in [-0.15, -0.1) is 0 Å². The Hall–Kier alpha value is -2.09. The van der Waals surface area contributed by atoms with Crippen LogP contribution in [0.5, 0.6) is 5.75 Å². The van der Waals surface area contributed by atoms with Crippen molar-refractivity contribution in [1.82, 2.24) is 0 Å². The third-order valence-electron chi connectivity index (χ3n) is 3.27. The summed E-state index contributed by atoms with van der Waals surface area (Å²) < 4.78 is 5.25. The second-order valence-corrected chi connectivity index (χ2v) is 4.57. The molecule has 0 spiro atoms. The van der Waals surface area contributed by atoms with Crippen molar-refractivity contribution < 1.29 is 9.53 Å². The molecule has 0 unspecified atom stereocenters. The van der Waals surface area contributed by atoms with Gasteiger partial charge in [-0.25, -0.2) is 0 Å². The van der Waals surface area contributed by atoms with E-state index in [4.69, 9.17) is 4.74 Å². The molecule has 0 aromatic heterocycles. The Bertz CT molecular complexity index is 520. The summed E-state index contributed by atoms with van der Waals surface area (Å²) in [6.07, 6.45) is 2.39. The number of carbonyl (C=O) groups excluding carboxylic acids is 1. The molecule has 0 N–H and O–H groups in total. The van der Waals surface area contributed by atoms with Crippen LogP contribution < -0.4 is 4.74 Å². The van der Waals surface area contributed by atoms with E-state index in [0.717, 1.165) is 24.0 Å². The van der Waals surface area contributed by atoms with E-state index >= 15 is 0 Å². The Balaban J connectivity index is 2.21. The molecule has 19 heavy (non-hydrogen) atoms. The first-order valence-corrected chi connectivity index (χ1v) is 6.45. The van der Waals surface area contributed by atoms with Gasteiger partial charge in [0, 0.05) is 6.42 Å². The van der Waals surface area contributed by atoms with Crippen LogP contribution in [0.3, 0.4) is 0 Å². The van der Waals surface area contributed by atoms with E-state index in [0.29, 0.717) is 6.42 Å². The van der Waals surface area contributed by atoms with Gasteiger partial charge in [0.2, 0.25) is 0 Å². The van der Waals surface area contributed by atoms with Gasteiger partial charge in [0.1, 0.15) is 12.0 Å². The van der Waals surface area contributed by atoms with Crippen molar-refractivity contribution in [1.29, 1.82) is 0 Å². The molecule has 0 amide bonds. The minimum Gasteiger partial charge on any atom is -0.497 e. The Morgan fingerprint density at radius 2 is 1.89 bits per heavy atom. The maximum Gasteiger partial charge on any atom is 0.120 e. The molecule has 0 heterocycles. The predicted octanol–water partition coefficient (Wildman–Crippen LogP) is 3.61. The summed E-state index contributed by atoms with van der Waals surface area (Å²) in [6.45, 7) is 0. The van der Waals surface area contributed by atoms with Crippen LogP contribution in [0, 0.1) is 0 Å². The monoisotopic (exact) mass is 254 g/mol. The summed E-state index contributed by atoms with van der Waals surface area (Å²) in [6, 6.07) is 18.2. The molecule has 0 saturated heterocycles. The molecule has 2 heteroatoms. The molecular formula is C17H18O2. The highest BCUT2D eigenvalue weighted by Crippen LogP contribution is 2.26. The zero-order valence-corrected chi connectivity index (χ0v) is 11.1. The van der Waals surface area contributed by atoms with Crippen LogP contribution in [0.25, 0.3) is 0 Å². The third kappa shape index (κ3) is 3.68. The molecule has 1 atom stereocenters. The van der Waals surface area contributed by atoms with Gasteiger partial charge in [0.05, 0.1) is 7.11 Å². The Morgan fingerprint density at radius 1 is 1.11 bits per heavy atom. The van der Waals surface area contributed by atoms with E-state index in [9.17, 15) is 4.79 Å². The van der Waals surface area contributed by atoms with Gasteiger partial charge in [-0.1, -0.05) is 42.5 Å². The number of ether oxygens (including phenoxy) is 1. The average Bonchev–Trinajstić information content (AvgIpc) is 2.48. The van der Waals surface area contributed by atoms with Gasteiger partial charge >= 0.3 is 0 Å². The van der Waals surface area contributed by atoms with Crippen LogP contribution in [0.4, 0.5) is 0 Å². The maximum absolute atomic E-state index is 10.9. The van der Waals surface area contributed by atoms with Crippen LogP contribution in [0.15, 0.2) is 54.6 Å². The summed E-state index contributed by atoms with van der Waals surface area (Å²) >= 11 is 0. The lowest BCUT2D eigenvalue weighted by Gasteiger charge is -2.15. The zero-order chi connectivity index (χ0) is 13.5. The van der Waals surface area contributed by atoms with Crippen molar-refractivity contribution in [2.24, 2.45) is 0 Å². The highest BCUT2D eigenvalue weighted by molar-refractivity contribution is 5.52. The first kappa shape index (κ1) is 13.3. The molecular weight excluding hydrogens is 236 g/mol. The number of hydrogen-bond donors (Lipinski definition) is 0. The van der Waals surface area contributed by atoms with Gasteiger partial charge in [0.25, 0.3) is 0 Å². The van der Waals surface area contributed by atoms with Crippen molar-refractivity contribution in [2.45, 2.75) is 18.8 Å². The summed E-state index contributed by atoms with van der Waals surface area (Å²) in [7, 11) is 1.66.